The van der Waals surface area contributed by atoms with Crippen LogP contribution in [0.15, 0.2) is 35.1 Å². The van der Waals surface area contributed by atoms with Crippen molar-refractivity contribution < 1.29 is 4.21 Å². The molecule has 0 saturated carbocycles. The lowest BCUT2D eigenvalue weighted by Gasteiger charge is -2.22. The Bertz CT molecular complexity index is 690. The zero-order valence-electron chi connectivity index (χ0n) is 11.3. The van der Waals surface area contributed by atoms with Crippen LogP contribution >= 0.6 is 0 Å². The van der Waals surface area contributed by atoms with Gasteiger partial charge in [-0.15, -0.1) is 0 Å². The van der Waals surface area contributed by atoms with Crippen molar-refractivity contribution in [2.45, 2.75) is 19.5 Å². The Morgan fingerprint density at radius 1 is 1.30 bits per heavy atom. The number of aromatic nitrogens is 2. The van der Waals surface area contributed by atoms with Crippen molar-refractivity contribution in [3.8, 4) is 0 Å². The minimum absolute atomic E-state index is 0.000923. The second-order valence-electron chi connectivity index (χ2n) is 4.98. The molecule has 2 aromatic rings. The lowest BCUT2D eigenvalue weighted by atomic mass is 10.1. The van der Waals surface area contributed by atoms with Gasteiger partial charge in [0.15, 0.2) is 0 Å². The highest BCUT2D eigenvalue weighted by atomic mass is 32.2. The highest BCUT2D eigenvalue weighted by Gasteiger charge is 2.24. The van der Waals surface area contributed by atoms with Gasteiger partial charge in [0.1, 0.15) is 0 Å². The summed E-state index contributed by atoms with van der Waals surface area (Å²) in [7, 11) is -1.02. The summed E-state index contributed by atoms with van der Waals surface area (Å²) in [5.74, 6) is 0. The molecule has 106 valence electrons. The number of nitrogens with zero attached hydrogens (tertiary/aromatic N) is 2. The van der Waals surface area contributed by atoms with Gasteiger partial charge in [0.2, 0.25) is 0 Å². The monoisotopic (exact) mass is 291 g/mol. The maximum absolute atomic E-state index is 12.4. The molecule has 3 rings (SSSR count). The molecule has 1 aromatic carbocycles. The maximum atomic E-state index is 12.4. The first-order valence-corrected chi connectivity index (χ1v) is 8.09. The number of fused-ring (bicyclic) bond motifs is 1. The van der Waals surface area contributed by atoms with E-state index in [1.165, 1.54) is 0 Å². The van der Waals surface area contributed by atoms with Crippen LogP contribution in [0.2, 0.25) is 0 Å². The van der Waals surface area contributed by atoms with Crippen molar-refractivity contribution in [2.24, 2.45) is 0 Å². The molecule has 0 radical (unpaired) electrons. The van der Waals surface area contributed by atoms with Crippen LogP contribution in [0.3, 0.4) is 0 Å². The van der Waals surface area contributed by atoms with Gasteiger partial charge in [-0.25, -0.2) is 13.2 Å². The average molecular weight is 291 g/mol. The topological polar surface area (TPSA) is 58.1 Å². The largest absolute Gasteiger partial charge is 0.299 e. The fraction of sp³-hybridized carbons (Fsp3) is 0.357. The second-order valence-corrected chi connectivity index (χ2v) is 6.35. The summed E-state index contributed by atoms with van der Waals surface area (Å²) in [4.78, 5) is 12.4. The van der Waals surface area contributed by atoms with Crippen molar-refractivity contribution in [2.75, 3.05) is 12.8 Å². The molecule has 0 spiro atoms. The van der Waals surface area contributed by atoms with Crippen LogP contribution in [0.4, 0.5) is 0 Å². The summed E-state index contributed by atoms with van der Waals surface area (Å²) in [5, 5.41) is 3.19. The summed E-state index contributed by atoms with van der Waals surface area (Å²) in [6.45, 7) is 1.73. The quantitative estimate of drug-likeness (QED) is 0.912. The van der Waals surface area contributed by atoms with Gasteiger partial charge in [0.05, 0.1) is 23.1 Å². The third kappa shape index (κ3) is 2.48. The molecule has 0 fully saturated rings. The first-order valence-electron chi connectivity index (χ1n) is 6.58. The molecule has 1 aliphatic rings. The van der Waals surface area contributed by atoms with Gasteiger partial charge in [0, 0.05) is 31.5 Å². The van der Waals surface area contributed by atoms with Crippen molar-refractivity contribution in [1.29, 1.82) is 0 Å². The lowest BCUT2D eigenvalue weighted by molar-refractivity contribution is 0.420. The Morgan fingerprint density at radius 3 is 2.75 bits per heavy atom. The van der Waals surface area contributed by atoms with E-state index in [2.05, 4.69) is 5.10 Å². The first-order chi connectivity index (χ1) is 9.65. The minimum atomic E-state index is -1.02. The lowest BCUT2D eigenvalue weighted by Crippen LogP contribution is -2.33. The number of aromatic amines is 1. The molecule has 5 nitrogen and oxygen atoms in total. The predicted molar refractivity (Wildman–Crippen MR) is 78.8 cm³/mol. The third-order valence-electron chi connectivity index (χ3n) is 3.63. The van der Waals surface area contributed by atoms with Crippen LogP contribution in [0.1, 0.15) is 16.8 Å². The van der Waals surface area contributed by atoms with E-state index in [4.69, 9.17) is 0 Å². The molecule has 1 aromatic heterocycles. The van der Waals surface area contributed by atoms with E-state index >= 15 is 0 Å². The highest BCUT2D eigenvalue weighted by Crippen LogP contribution is 2.15. The molecule has 1 N–H and O–H groups in total. The summed E-state index contributed by atoms with van der Waals surface area (Å²) < 4.78 is 15.0. The Hall–Kier alpha value is -1.66. The Kier molecular flexibility index (Phi) is 3.58. The van der Waals surface area contributed by atoms with Gasteiger partial charge >= 0.3 is 0 Å². The molecule has 0 bridgehead atoms. The van der Waals surface area contributed by atoms with Gasteiger partial charge in [-0.1, -0.05) is 30.3 Å². The number of H-pyrrole nitrogens is 1. The van der Waals surface area contributed by atoms with Gasteiger partial charge < -0.3 is 0 Å². The predicted octanol–water partition coefficient (Wildman–Crippen LogP) is 0.876. The van der Waals surface area contributed by atoms with Crippen molar-refractivity contribution in [3.05, 3.63) is 57.5 Å². The van der Waals surface area contributed by atoms with E-state index < -0.39 is 11.0 Å². The number of rotatable bonds is 3. The SMILES string of the molecule is CS(=O)N1CCc2[nH]n(Cc3ccccc3)c(=O)c2C1. The van der Waals surface area contributed by atoms with Crippen LogP contribution in [0.25, 0.3) is 0 Å². The molecule has 20 heavy (non-hydrogen) atoms. The zero-order valence-corrected chi connectivity index (χ0v) is 12.2. The summed E-state index contributed by atoms with van der Waals surface area (Å²) in [6, 6.07) is 9.89. The van der Waals surface area contributed by atoms with Crippen molar-refractivity contribution in [1.82, 2.24) is 14.1 Å². The average Bonchev–Trinajstić information content (AvgIpc) is 2.76. The Morgan fingerprint density at radius 2 is 2.05 bits per heavy atom. The van der Waals surface area contributed by atoms with Crippen molar-refractivity contribution >= 4 is 11.0 Å². The molecule has 6 heteroatoms. The van der Waals surface area contributed by atoms with Gasteiger partial charge in [-0.05, 0) is 5.56 Å². The molecular weight excluding hydrogens is 274 g/mol. The first kappa shape index (κ1) is 13.3. The molecular formula is C14H17N3O2S. The summed E-state index contributed by atoms with van der Waals surface area (Å²) in [6.07, 6.45) is 2.39. The van der Waals surface area contributed by atoms with Gasteiger partial charge in [-0.2, -0.15) is 0 Å². The van der Waals surface area contributed by atoms with Crippen LogP contribution in [-0.4, -0.2) is 31.1 Å². The second kappa shape index (κ2) is 5.38. The standard InChI is InChI=1S/C14H17N3O2S/c1-20(19)16-8-7-13-12(10-16)14(18)17(15-13)9-11-5-3-2-4-6-11/h2-6,15H,7-10H2,1H3. The van der Waals surface area contributed by atoms with E-state index in [0.29, 0.717) is 13.1 Å². The number of benzene rings is 1. The van der Waals surface area contributed by atoms with Crippen molar-refractivity contribution in [3.63, 3.8) is 0 Å². The normalized spacial score (nSPS) is 16.9. The fourth-order valence-corrected chi connectivity index (χ4v) is 3.19. The molecule has 0 amide bonds. The smallest absolute Gasteiger partial charge is 0.271 e. The number of hydrogen-bond donors (Lipinski definition) is 1. The Balaban J connectivity index is 1.89. The zero-order chi connectivity index (χ0) is 14.1. The van der Waals surface area contributed by atoms with Gasteiger partial charge in [0.25, 0.3) is 5.56 Å². The van der Waals surface area contributed by atoms with Gasteiger partial charge in [-0.3, -0.25) is 9.89 Å². The molecule has 1 atom stereocenters. The molecule has 0 saturated heterocycles. The van der Waals surface area contributed by atoms with Crippen LogP contribution < -0.4 is 5.56 Å². The minimum Gasteiger partial charge on any atom is -0.299 e. The van der Waals surface area contributed by atoms with Crippen LogP contribution in [0.5, 0.6) is 0 Å². The summed E-state index contributed by atoms with van der Waals surface area (Å²) in [5.41, 5.74) is 2.82. The number of nitrogens with one attached hydrogen (secondary N) is 1. The molecule has 0 aliphatic carbocycles. The number of hydrogen-bond acceptors (Lipinski definition) is 2. The van der Waals surface area contributed by atoms with E-state index in [9.17, 15) is 9.00 Å². The molecule has 1 unspecified atom stereocenters. The maximum Gasteiger partial charge on any atom is 0.271 e. The summed E-state index contributed by atoms with van der Waals surface area (Å²) >= 11 is 0. The molecule has 2 heterocycles. The highest BCUT2D eigenvalue weighted by molar-refractivity contribution is 7.81. The molecule has 1 aliphatic heterocycles. The van der Waals surface area contributed by atoms with Crippen LogP contribution in [-0.2, 0) is 30.5 Å². The van der Waals surface area contributed by atoms with Crippen LogP contribution in [0, 0.1) is 0 Å². The van der Waals surface area contributed by atoms with E-state index in [0.717, 1.165) is 29.8 Å². The Labute approximate surface area is 119 Å². The van der Waals surface area contributed by atoms with E-state index in [1.54, 1.807) is 10.9 Å². The van der Waals surface area contributed by atoms with E-state index in [-0.39, 0.29) is 5.56 Å². The van der Waals surface area contributed by atoms with E-state index in [1.807, 2.05) is 34.6 Å². The third-order valence-corrected chi connectivity index (χ3v) is 4.67. The fourth-order valence-electron chi connectivity index (χ4n) is 2.53.